The number of sulfonamides is 1. The van der Waals surface area contributed by atoms with Crippen LogP contribution in [0.5, 0.6) is 0 Å². The van der Waals surface area contributed by atoms with Crippen molar-refractivity contribution in [3.05, 3.63) is 22.2 Å². The molecule has 1 aliphatic rings. The van der Waals surface area contributed by atoms with Gasteiger partial charge in [0, 0.05) is 19.0 Å². The zero-order valence-electron chi connectivity index (χ0n) is 9.58. The molecule has 0 aliphatic carbocycles. The first kappa shape index (κ1) is 12.7. The lowest BCUT2D eigenvalue weighted by Crippen LogP contribution is -2.33. The van der Waals surface area contributed by atoms with E-state index in [4.69, 9.17) is 5.14 Å². The van der Waals surface area contributed by atoms with Gasteiger partial charge in [0.1, 0.15) is 16.9 Å². The molecule has 1 unspecified atom stereocenters. The molecule has 0 bridgehead atoms. The third-order valence-electron chi connectivity index (χ3n) is 2.68. The van der Waals surface area contributed by atoms with Gasteiger partial charge in [-0.3, -0.25) is 14.5 Å². The highest BCUT2D eigenvalue weighted by molar-refractivity contribution is 7.89. The molecule has 1 saturated heterocycles. The molecule has 3 N–H and O–H groups in total. The third kappa shape index (κ3) is 2.41. The number of aryl methyl sites for hydroxylation is 1. The van der Waals surface area contributed by atoms with Crippen molar-refractivity contribution >= 4 is 21.7 Å². The first-order valence-electron chi connectivity index (χ1n) is 5.17. The van der Waals surface area contributed by atoms with Crippen LogP contribution in [-0.2, 0) is 14.8 Å². The molecule has 1 amide bonds. The van der Waals surface area contributed by atoms with Crippen LogP contribution < -0.4 is 15.6 Å². The fraction of sp³-hybridized carbons (Fsp3) is 0.444. The van der Waals surface area contributed by atoms with Crippen LogP contribution in [0.2, 0.25) is 0 Å². The number of H-pyrrole nitrogens is 1. The first-order chi connectivity index (χ1) is 8.27. The number of primary sulfonamides is 1. The van der Waals surface area contributed by atoms with Crippen molar-refractivity contribution in [3.63, 3.8) is 0 Å². The predicted octanol–water partition coefficient (Wildman–Crippen LogP) is -1.53. The van der Waals surface area contributed by atoms with Crippen LogP contribution >= 0.6 is 0 Å². The van der Waals surface area contributed by atoms with Crippen molar-refractivity contribution in [2.24, 2.45) is 5.14 Å². The van der Waals surface area contributed by atoms with Gasteiger partial charge < -0.3 is 4.98 Å². The number of carbonyl (C=O) groups excluding carboxylic acids is 1. The predicted molar refractivity (Wildman–Crippen MR) is 63.5 cm³/mol. The summed E-state index contributed by atoms with van der Waals surface area (Å²) in [7, 11) is -3.77. The number of nitrogens with zero attached hydrogens (tertiary/aromatic N) is 2. The van der Waals surface area contributed by atoms with Crippen LogP contribution in [-0.4, -0.2) is 36.1 Å². The summed E-state index contributed by atoms with van der Waals surface area (Å²) in [6.45, 7) is 1.50. The SMILES string of the molecule is Cc1nc(N2CC(S(N)(=O)=O)CC2=O)cc(=O)[nH]1. The minimum atomic E-state index is -3.77. The summed E-state index contributed by atoms with van der Waals surface area (Å²) < 4.78 is 22.4. The molecule has 2 rings (SSSR count). The molecule has 1 fully saturated rings. The van der Waals surface area contributed by atoms with Gasteiger partial charge in [-0.15, -0.1) is 0 Å². The van der Waals surface area contributed by atoms with E-state index in [1.54, 1.807) is 6.92 Å². The highest BCUT2D eigenvalue weighted by Crippen LogP contribution is 2.21. The molecular formula is C9H12N4O4S. The van der Waals surface area contributed by atoms with Gasteiger partial charge in [0.05, 0.1) is 0 Å². The molecule has 8 nitrogen and oxygen atoms in total. The van der Waals surface area contributed by atoms with Crippen molar-refractivity contribution in [1.29, 1.82) is 0 Å². The van der Waals surface area contributed by atoms with Crippen molar-refractivity contribution in [2.45, 2.75) is 18.6 Å². The summed E-state index contributed by atoms with van der Waals surface area (Å²) >= 11 is 0. The van der Waals surface area contributed by atoms with Crippen molar-refractivity contribution < 1.29 is 13.2 Å². The number of carbonyl (C=O) groups is 1. The summed E-state index contributed by atoms with van der Waals surface area (Å²) in [6, 6.07) is 1.15. The lowest BCUT2D eigenvalue weighted by Gasteiger charge is -2.14. The quantitative estimate of drug-likeness (QED) is 0.675. The summed E-state index contributed by atoms with van der Waals surface area (Å²) in [5.41, 5.74) is -0.399. The maximum Gasteiger partial charge on any atom is 0.252 e. The lowest BCUT2D eigenvalue weighted by atomic mass is 10.4. The Labute approximate surface area is 103 Å². The van der Waals surface area contributed by atoms with E-state index in [1.165, 1.54) is 0 Å². The van der Waals surface area contributed by atoms with E-state index in [9.17, 15) is 18.0 Å². The van der Waals surface area contributed by atoms with Crippen LogP contribution in [0.4, 0.5) is 5.82 Å². The molecule has 1 aromatic heterocycles. The topological polar surface area (TPSA) is 126 Å². The Morgan fingerprint density at radius 3 is 2.67 bits per heavy atom. The zero-order valence-corrected chi connectivity index (χ0v) is 10.4. The highest BCUT2D eigenvalue weighted by Gasteiger charge is 2.37. The molecule has 18 heavy (non-hydrogen) atoms. The molecule has 0 aromatic carbocycles. The Morgan fingerprint density at radius 1 is 1.50 bits per heavy atom. The van der Waals surface area contributed by atoms with Gasteiger partial charge in [-0.1, -0.05) is 0 Å². The maximum atomic E-state index is 11.7. The number of nitrogens with one attached hydrogen (secondary N) is 1. The van der Waals surface area contributed by atoms with Gasteiger partial charge in [-0.25, -0.2) is 18.5 Å². The Kier molecular flexibility index (Phi) is 2.95. The van der Waals surface area contributed by atoms with E-state index in [2.05, 4.69) is 9.97 Å². The van der Waals surface area contributed by atoms with Gasteiger partial charge in [0.25, 0.3) is 5.56 Å². The molecule has 2 heterocycles. The Hall–Kier alpha value is -1.74. The van der Waals surface area contributed by atoms with Gasteiger partial charge in [-0.05, 0) is 6.92 Å². The summed E-state index contributed by atoms with van der Waals surface area (Å²) in [4.78, 5) is 30.6. The average molecular weight is 272 g/mol. The molecule has 0 spiro atoms. The minimum absolute atomic E-state index is 0.0758. The van der Waals surface area contributed by atoms with E-state index in [0.29, 0.717) is 5.82 Å². The first-order valence-corrected chi connectivity index (χ1v) is 6.78. The molecule has 0 saturated carbocycles. The van der Waals surface area contributed by atoms with Crippen LogP contribution in [0.25, 0.3) is 0 Å². The van der Waals surface area contributed by atoms with Crippen LogP contribution in [0.1, 0.15) is 12.2 Å². The number of rotatable bonds is 2. The third-order valence-corrected chi connectivity index (χ3v) is 3.92. The monoisotopic (exact) mass is 272 g/mol. The standard InChI is InChI=1S/C9H12N4O4S/c1-5-11-7(3-8(14)12-5)13-4-6(2-9(13)15)18(10,16)17/h3,6H,2,4H2,1H3,(H2,10,16,17)(H,11,12,14). The van der Waals surface area contributed by atoms with Crippen LogP contribution in [0.3, 0.4) is 0 Å². The molecule has 1 aromatic rings. The van der Waals surface area contributed by atoms with E-state index in [1.807, 2.05) is 0 Å². The second kappa shape index (κ2) is 4.18. The molecule has 1 atom stereocenters. The van der Waals surface area contributed by atoms with E-state index < -0.39 is 26.7 Å². The highest BCUT2D eigenvalue weighted by atomic mass is 32.2. The number of hydrogen-bond donors (Lipinski definition) is 2. The molecule has 9 heteroatoms. The smallest absolute Gasteiger partial charge is 0.252 e. The Bertz CT molecular complexity index is 651. The number of aromatic nitrogens is 2. The number of hydrogen-bond acceptors (Lipinski definition) is 5. The second-order valence-electron chi connectivity index (χ2n) is 4.11. The zero-order chi connectivity index (χ0) is 13.5. The number of nitrogens with two attached hydrogens (primary N) is 1. The Morgan fingerprint density at radius 2 is 2.17 bits per heavy atom. The lowest BCUT2D eigenvalue weighted by molar-refractivity contribution is -0.117. The average Bonchev–Trinajstić information content (AvgIpc) is 2.58. The minimum Gasteiger partial charge on any atom is -0.311 e. The van der Waals surface area contributed by atoms with Crippen LogP contribution in [0, 0.1) is 6.92 Å². The molecule has 0 radical (unpaired) electrons. The van der Waals surface area contributed by atoms with E-state index in [-0.39, 0.29) is 18.8 Å². The normalized spacial score (nSPS) is 20.4. The molecule has 98 valence electrons. The van der Waals surface area contributed by atoms with Crippen LogP contribution in [0.15, 0.2) is 10.9 Å². The maximum absolute atomic E-state index is 11.7. The largest absolute Gasteiger partial charge is 0.311 e. The summed E-state index contributed by atoms with van der Waals surface area (Å²) in [5, 5.41) is 4.06. The van der Waals surface area contributed by atoms with Crippen molar-refractivity contribution in [2.75, 3.05) is 11.4 Å². The fourth-order valence-corrected chi connectivity index (χ4v) is 2.55. The van der Waals surface area contributed by atoms with Crippen molar-refractivity contribution in [3.8, 4) is 0 Å². The van der Waals surface area contributed by atoms with Gasteiger partial charge in [0.2, 0.25) is 15.9 Å². The van der Waals surface area contributed by atoms with E-state index in [0.717, 1.165) is 11.0 Å². The van der Waals surface area contributed by atoms with Crippen molar-refractivity contribution in [1.82, 2.24) is 9.97 Å². The van der Waals surface area contributed by atoms with Gasteiger partial charge in [0.15, 0.2) is 0 Å². The fourth-order valence-electron chi connectivity index (χ4n) is 1.82. The summed E-state index contributed by atoms with van der Waals surface area (Å²) in [6.07, 6.45) is -0.188. The van der Waals surface area contributed by atoms with Gasteiger partial charge in [-0.2, -0.15) is 0 Å². The molecular weight excluding hydrogens is 260 g/mol. The Balaban J connectivity index is 2.35. The number of aromatic amines is 1. The number of anilines is 1. The summed E-state index contributed by atoms with van der Waals surface area (Å²) in [5.74, 6) is 0.0864. The van der Waals surface area contributed by atoms with E-state index >= 15 is 0 Å². The second-order valence-corrected chi connectivity index (χ2v) is 5.95. The number of amides is 1. The van der Waals surface area contributed by atoms with Gasteiger partial charge >= 0.3 is 0 Å². The molecule has 1 aliphatic heterocycles.